The van der Waals surface area contributed by atoms with Crippen LogP contribution in [0.1, 0.15) is 23.1 Å². The number of nitrogens with one attached hydrogen (secondary N) is 1. The molecule has 1 aromatic heterocycles. The predicted octanol–water partition coefficient (Wildman–Crippen LogP) is 1.45. The Kier molecular flexibility index (Phi) is 4.51. The molecule has 2 rings (SSSR count). The molecule has 1 atom stereocenters. The van der Waals surface area contributed by atoms with Gasteiger partial charge in [0.05, 0.1) is 17.5 Å². The number of aromatic nitrogens is 3. The van der Waals surface area contributed by atoms with Crippen LogP contribution in [0.15, 0.2) is 28.7 Å². The van der Waals surface area contributed by atoms with Crippen molar-refractivity contribution in [2.24, 2.45) is 0 Å². The van der Waals surface area contributed by atoms with Crippen LogP contribution in [0.5, 0.6) is 0 Å². The molecule has 0 saturated carbocycles. The maximum absolute atomic E-state index is 11.9. The van der Waals surface area contributed by atoms with Crippen molar-refractivity contribution < 1.29 is 9.90 Å². The Labute approximate surface area is 124 Å². The first-order chi connectivity index (χ1) is 9.49. The van der Waals surface area contributed by atoms with E-state index in [-0.39, 0.29) is 18.1 Å². The molecule has 6 nitrogen and oxygen atoms in total. The summed E-state index contributed by atoms with van der Waals surface area (Å²) in [5.74, 6) is -0.343. The molecule has 0 radical (unpaired) electrons. The average Bonchev–Trinajstić information content (AvgIpc) is 2.78. The zero-order valence-corrected chi connectivity index (χ0v) is 12.8. The topological polar surface area (TPSA) is 80.0 Å². The monoisotopic (exact) mass is 338 g/mol. The highest BCUT2D eigenvalue weighted by atomic mass is 79.9. The lowest BCUT2D eigenvalue weighted by molar-refractivity contribution is 0.0918. The third kappa shape index (κ3) is 3.23. The molecule has 0 spiro atoms. The molecular formula is C13H15BrN4O2. The number of hydrogen-bond donors (Lipinski definition) is 2. The van der Waals surface area contributed by atoms with Crippen LogP contribution in [0.4, 0.5) is 0 Å². The van der Waals surface area contributed by atoms with Gasteiger partial charge in [-0.3, -0.25) is 4.79 Å². The number of benzene rings is 1. The molecule has 0 aliphatic carbocycles. The third-order valence-electron chi connectivity index (χ3n) is 2.72. The summed E-state index contributed by atoms with van der Waals surface area (Å²) in [4.78, 5) is 11.9. The molecule has 0 saturated heterocycles. The van der Waals surface area contributed by atoms with E-state index in [1.54, 1.807) is 18.5 Å². The van der Waals surface area contributed by atoms with Gasteiger partial charge in [0.2, 0.25) is 0 Å². The van der Waals surface area contributed by atoms with E-state index in [4.69, 9.17) is 0 Å². The van der Waals surface area contributed by atoms with Crippen LogP contribution in [0.3, 0.4) is 0 Å². The summed E-state index contributed by atoms with van der Waals surface area (Å²) in [6, 6.07) is 7.56. The van der Waals surface area contributed by atoms with E-state index in [1.165, 1.54) is 0 Å². The van der Waals surface area contributed by atoms with E-state index in [0.717, 1.165) is 10.2 Å². The Bertz CT molecular complexity index is 625. The van der Waals surface area contributed by atoms with Gasteiger partial charge in [-0.2, -0.15) is 0 Å². The van der Waals surface area contributed by atoms with Gasteiger partial charge in [-0.05, 0) is 32.0 Å². The van der Waals surface area contributed by atoms with E-state index < -0.39 is 6.10 Å². The SMILES string of the molecule is Cc1c(C(=O)NCC(C)O)nnn1-c1cccc(Br)c1. The molecule has 0 aliphatic rings. The van der Waals surface area contributed by atoms with Gasteiger partial charge < -0.3 is 10.4 Å². The number of amides is 1. The molecule has 2 aromatic rings. The van der Waals surface area contributed by atoms with E-state index in [2.05, 4.69) is 31.6 Å². The van der Waals surface area contributed by atoms with E-state index in [1.807, 2.05) is 24.3 Å². The van der Waals surface area contributed by atoms with Crippen molar-refractivity contribution in [3.8, 4) is 5.69 Å². The lowest BCUT2D eigenvalue weighted by Crippen LogP contribution is -2.31. The van der Waals surface area contributed by atoms with Gasteiger partial charge in [0, 0.05) is 11.0 Å². The Morgan fingerprint density at radius 1 is 1.55 bits per heavy atom. The number of aliphatic hydroxyl groups is 1. The number of rotatable bonds is 4. The van der Waals surface area contributed by atoms with Gasteiger partial charge in [0.1, 0.15) is 0 Å². The smallest absolute Gasteiger partial charge is 0.273 e. The minimum atomic E-state index is -0.598. The minimum Gasteiger partial charge on any atom is -0.392 e. The average molecular weight is 339 g/mol. The van der Waals surface area contributed by atoms with Crippen molar-refractivity contribution in [2.75, 3.05) is 6.54 Å². The van der Waals surface area contributed by atoms with Gasteiger partial charge in [0.25, 0.3) is 5.91 Å². The number of nitrogens with zero attached hydrogens (tertiary/aromatic N) is 3. The maximum atomic E-state index is 11.9. The summed E-state index contributed by atoms with van der Waals surface area (Å²) in [5, 5.41) is 19.7. The Hall–Kier alpha value is -1.73. The summed E-state index contributed by atoms with van der Waals surface area (Å²) in [6.45, 7) is 3.56. The van der Waals surface area contributed by atoms with E-state index >= 15 is 0 Å². The van der Waals surface area contributed by atoms with Crippen molar-refractivity contribution >= 4 is 21.8 Å². The molecule has 0 bridgehead atoms. The molecule has 0 fully saturated rings. The second-order valence-corrected chi connectivity index (χ2v) is 5.39. The van der Waals surface area contributed by atoms with Crippen LogP contribution >= 0.6 is 15.9 Å². The van der Waals surface area contributed by atoms with Gasteiger partial charge in [-0.15, -0.1) is 5.10 Å². The van der Waals surface area contributed by atoms with Gasteiger partial charge in [0.15, 0.2) is 5.69 Å². The molecular weight excluding hydrogens is 324 g/mol. The zero-order chi connectivity index (χ0) is 14.7. The fraction of sp³-hybridized carbons (Fsp3) is 0.308. The van der Waals surface area contributed by atoms with Crippen molar-refractivity contribution in [1.29, 1.82) is 0 Å². The highest BCUT2D eigenvalue weighted by Gasteiger charge is 2.17. The molecule has 1 aromatic carbocycles. The number of carbonyl (C=O) groups is 1. The predicted molar refractivity (Wildman–Crippen MR) is 77.8 cm³/mol. The molecule has 2 N–H and O–H groups in total. The van der Waals surface area contributed by atoms with Gasteiger partial charge in [-0.1, -0.05) is 27.2 Å². The first-order valence-electron chi connectivity index (χ1n) is 6.13. The Balaban J connectivity index is 2.25. The molecule has 106 valence electrons. The third-order valence-corrected chi connectivity index (χ3v) is 3.21. The highest BCUT2D eigenvalue weighted by Crippen LogP contribution is 2.17. The van der Waals surface area contributed by atoms with Crippen molar-refractivity contribution in [3.05, 3.63) is 40.1 Å². The Morgan fingerprint density at radius 2 is 2.30 bits per heavy atom. The fourth-order valence-corrected chi connectivity index (χ4v) is 2.10. The normalized spacial score (nSPS) is 12.2. The number of halogens is 1. The summed E-state index contributed by atoms with van der Waals surface area (Å²) in [6.07, 6.45) is -0.598. The van der Waals surface area contributed by atoms with Crippen LogP contribution < -0.4 is 5.32 Å². The standard InChI is InChI=1S/C13H15BrN4O2/c1-8(19)7-15-13(20)12-9(2)18(17-16-12)11-5-3-4-10(14)6-11/h3-6,8,19H,7H2,1-2H3,(H,15,20). The number of aliphatic hydroxyl groups excluding tert-OH is 1. The summed E-state index contributed by atoms with van der Waals surface area (Å²) in [7, 11) is 0. The van der Waals surface area contributed by atoms with Crippen molar-refractivity contribution in [1.82, 2.24) is 20.3 Å². The van der Waals surface area contributed by atoms with Gasteiger partial charge >= 0.3 is 0 Å². The summed E-state index contributed by atoms with van der Waals surface area (Å²) < 4.78 is 2.52. The molecule has 7 heteroatoms. The lowest BCUT2D eigenvalue weighted by atomic mass is 10.3. The van der Waals surface area contributed by atoms with Gasteiger partial charge in [-0.25, -0.2) is 4.68 Å². The molecule has 0 aliphatic heterocycles. The first kappa shape index (κ1) is 14.7. The van der Waals surface area contributed by atoms with Crippen LogP contribution in [0.25, 0.3) is 5.69 Å². The van der Waals surface area contributed by atoms with Crippen LogP contribution in [-0.2, 0) is 0 Å². The summed E-state index contributed by atoms with van der Waals surface area (Å²) >= 11 is 3.39. The molecule has 1 unspecified atom stereocenters. The second-order valence-electron chi connectivity index (χ2n) is 4.47. The maximum Gasteiger partial charge on any atom is 0.273 e. The van der Waals surface area contributed by atoms with Crippen LogP contribution in [0.2, 0.25) is 0 Å². The fourth-order valence-electron chi connectivity index (χ4n) is 1.72. The number of carbonyl (C=O) groups excluding carboxylic acids is 1. The minimum absolute atomic E-state index is 0.183. The van der Waals surface area contributed by atoms with Crippen molar-refractivity contribution in [2.45, 2.75) is 20.0 Å². The van der Waals surface area contributed by atoms with Crippen LogP contribution in [0, 0.1) is 6.92 Å². The molecule has 1 heterocycles. The first-order valence-corrected chi connectivity index (χ1v) is 6.93. The highest BCUT2D eigenvalue weighted by molar-refractivity contribution is 9.10. The molecule has 1 amide bonds. The largest absolute Gasteiger partial charge is 0.392 e. The van der Waals surface area contributed by atoms with Crippen LogP contribution in [-0.4, -0.2) is 38.7 Å². The molecule has 20 heavy (non-hydrogen) atoms. The van der Waals surface area contributed by atoms with E-state index in [0.29, 0.717) is 5.69 Å². The van der Waals surface area contributed by atoms with E-state index in [9.17, 15) is 9.90 Å². The number of hydrogen-bond acceptors (Lipinski definition) is 4. The second kappa shape index (κ2) is 6.15. The quantitative estimate of drug-likeness (QED) is 0.884. The summed E-state index contributed by atoms with van der Waals surface area (Å²) in [5.41, 5.74) is 1.72. The van der Waals surface area contributed by atoms with Crippen molar-refractivity contribution in [3.63, 3.8) is 0 Å². The zero-order valence-electron chi connectivity index (χ0n) is 11.2. The Morgan fingerprint density at radius 3 is 2.95 bits per heavy atom. The lowest BCUT2D eigenvalue weighted by Gasteiger charge is -2.06.